The third-order valence-electron chi connectivity index (χ3n) is 3.73. The van der Waals surface area contributed by atoms with Gasteiger partial charge in [0.1, 0.15) is 0 Å². The first-order chi connectivity index (χ1) is 9.70. The third-order valence-corrected chi connectivity index (χ3v) is 3.73. The summed E-state index contributed by atoms with van der Waals surface area (Å²) in [4.78, 5) is 0. The molecule has 0 spiro atoms. The molecule has 0 saturated carbocycles. The van der Waals surface area contributed by atoms with Gasteiger partial charge in [-0.15, -0.1) is 0 Å². The fraction of sp³-hybridized carbons (Fsp3) is 0.625. The van der Waals surface area contributed by atoms with E-state index in [1.165, 1.54) is 12.1 Å². The Morgan fingerprint density at radius 2 is 1.71 bits per heavy atom. The second-order valence-electron chi connectivity index (χ2n) is 5.71. The van der Waals surface area contributed by atoms with Crippen LogP contribution in [0, 0.1) is 0 Å². The topological polar surface area (TPSA) is 21.3 Å². The van der Waals surface area contributed by atoms with Gasteiger partial charge in [0.2, 0.25) is 0 Å². The van der Waals surface area contributed by atoms with E-state index in [1.54, 1.807) is 7.11 Å². The molecule has 0 aromatic heterocycles. The molecule has 0 aliphatic carbocycles. The lowest BCUT2D eigenvalue weighted by Gasteiger charge is -2.34. The number of hydrogen-bond acceptors (Lipinski definition) is 2. The van der Waals surface area contributed by atoms with Gasteiger partial charge in [0, 0.05) is 13.2 Å². The number of halogens is 3. The van der Waals surface area contributed by atoms with Gasteiger partial charge in [0.05, 0.1) is 11.2 Å². The minimum Gasteiger partial charge on any atom is -0.377 e. The molecule has 1 rings (SSSR count). The average molecular weight is 303 g/mol. The molecule has 1 atom stereocenters. The number of methoxy groups -OCH3 is 1. The summed E-state index contributed by atoms with van der Waals surface area (Å²) in [6.45, 7) is 6.87. The summed E-state index contributed by atoms with van der Waals surface area (Å²) in [7, 11) is 1.65. The highest BCUT2D eigenvalue weighted by Gasteiger charge is 2.31. The first-order valence-corrected chi connectivity index (χ1v) is 7.15. The summed E-state index contributed by atoms with van der Waals surface area (Å²) in [5.74, 6) is 0. The van der Waals surface area contributed by atoms with Crippen LogP contribution in [0.15, 0.2) is 24.3 Å². The maximum Gasteiger partial charge on any atom is 0.416 e. The molecule has 0 saturated heterocycles. The molecule has 1 aromatic rings. The monoisotopic (exact) mass is 303 g/mol. The Bertz CT molecular complexity index is 426. The van der Waals surface area contributed by atoms with Gasteiger partial charge >= 0.3 is 6.18 Å². The molecule has 1 unspecified atom stereocenters. The van der Waals surface area contributed by atoms with E-state index in [4.69, 9.17) is 4.74 Å². The number of alkyl halides is 3. The van der Waals surface area contributed by atoms with Gasteiger partial charge in [-0.05, 0) is 50.9 Å². The highest BCUT2D eigenvalue weighted by atomic mass is 19.4. The average Bonchev–Trinajstić information content (AvgIpc) is 2.42. The summed E-state index contributed by atoms with van der Waals surface area (Å²) in [6, 6.07) is 5.38. The van der Waals surface area contributed by atoms with Crippen LogP contribution in [0.3, 0.4) is 0 Å². The van der Waals surface area contributed by atoms with Crippen molar-refractivity contribution in [3.8, 4) is 0 Å². The van der Waals surface area contributed by atoms with E-state index in [0.717, 1.165) is 30.7 Å². The molecule has 0 bridgehead atoms. The van der Waals surface area contributed by atoms with E-state index in [-0.39, 0.29) is 6.04 Å². The molecule has 0 aliphatic rings. The lowest BCUT2D eigenvalue weighted by molar-refractivity contribution is -0.137. The summed E-state index contributed by atoms with van der Waals surface area (Å²) in [5.41, 5.74) is -0.144. The zero-order valence-corrected chi connectivity index (χ0v) is 13.1. The van der Waals surface area contributed by atoms with Crippen LogP contribution in [0.5, 0.6) is 0 Å². The Labute approximate surface area is 124 Å². The number of benzene rings is 1. The Hall–Kier alpha value is -1.07. The van der Waals surface area contributed by atoms with Gasteiger partial charge in [-0.2, -0.15) is 13.2 Å². The quantitative estimate of drug-likeness (QED) is 0.821. The van der Waals surface area contributed by atoms with Crippen LogP contribution in [-0.4, -0.2) is 25.3 Å². The van der Waals surface area contributed by atoms with Crippen LogP contribution >= 0.6 is 0 Å². The Morgan fingerprint density at radius 1 is 1.14 bits per heavy atom. The molecule has 0 heterocycles. The summed E-state index contributed by atoms with van der Waals surface area (Å²) in [6.07, 6.45) is -2.67. The van der Waals surface area contributed by atoms with Gasteiger partial charge in [-0.1, -0.05) is 19.1 Å². The van der Waals surface area contributed by atoms with E-state index in [0.29, 0.717) is 6.42 Å². The maximum atomic E-state index is 12.6. The van der Waals surface area contributed by atoms with Gasteiger partial charge in [0.15, 0.2) is 0 Å². The Kier molecular flexibility index (Phi) is 6.23. The SMILES string of the molecule is CCCNC(Cc1ccc(C(F)(F)F)cc1)C(C)(C)OC. The van der Waals surface area contributed by atoms with Crippen LogP contribution in [0.4, 0.5) is 13.2 Å². The van der Waals surface area contributed by atoms with Crippen molar-refractivity contribution in [1.29, 1.82) is 0 Å². The standard InChI is InChI=1S/C16H24F3NO/c1-5-10-20-14(15(2,3)21-4)11-12-6-8-13(9-7-12)16(17,18)19/h6-9,14,20H,5,10-11H2,1-4H3. The van der Waals surface area contributed by atoms with Crippen molar-refractivity contribution in [2.24, 2.45) is 0 Å². The number of nitrogens with one attached hydrogen (secondary N) is 1. The van der Waals surface area contributed by atoms with Crippen molar-refractivity contribution < 1.29 is 17.9 Å². The van der Waals surface area contributed by atoms with Crippen LogP contribution in [0.25, 0.3) is 0 Å². The fourth-order valence-corrected chi connectivity index (χ4v) is 2.09. The minimum absolute atomic E-state index is 0.0409. The van der Waals surface area contributed by atoms with Crippen LogP contribution in [-0.2, 0) is 17.3 Å². The van der Waals surface area contributed by atoms with E-state index in [9.17, 15) is 13.2 Å². The van der Waals surface area contributed by atoms with E-state index < -0.39 is 17.3 Å². The van der Waals surface area contributed by atoms with Gasteiger partial charge in [-0.3, -0.25) is 0 Å². The molecular formula is C16H24F3NO. The number of rotatable bonds is 7. The van der Waals surface area contributed by atoms with Crippen LogP contribution < -0.4 is 5.32 Å². The maximum absolute atomic E-state index is 12.6. The molecule has 120 valence electrons. The molecule has 2 nitrogen and oxygen atoms in total. The van der Waals surface area contributed by atoms with E-state index >= 15 is 0 Å². The molecule has 0 fully saturated rings. The highest BCUT2D eigenvalue weighted by Crippen LogP contribution is 2.29. The Morgan fingerprint density at radius 3 is 2.14 bits per heavy atom. The molecule has 1 aromatic carbocycles. The van der Waals surface area contributed by atoms with Crippen LogP contribution in [0.2, 0.25) is 0 Å². The van der Waals surface area contributed by atoms with Crippen molar-refractivity contribution in [1.82, 2.24) is 5.32 Å². The van der Waals surface area contributed by atoms with Gasteiger partial charge < -0.3 is 10.1 Å². The highest BCUT2D eigenvalue weighted by molar-refractivity contribution is 5.25. The van der Waals surface area contributed by atoms with Gasteiger partial charge in [0.25, 0.3) is 0 Å². The van der Waals surface area contributed by atoms with Crippen molar-refractivity contribution in [2.45, 2.75) is 51.4 Å². The zero-order valence-electron chi connectivity index (χ0n) is 13.1. The fourth-order valence-electron chi connectivity index (χ4n) is 2.09. The van der Waals surface area contributed by atoms with Crippen molar-refractivity contribution in [2.75, 3.05) is 13.7 Å². The van der Waals surface area contributed by atoms with E-state index in [1.807, 2.05) is 13.8 Å². The molecular weight excluding hydrogens is 279 g/mol. The van der Waals surface area contributed by atoms with Crippen molar-refractivity contribution in [3.63, 3.8) is 0 Å². The lowest BCUT2D eigenvalue weighted by atomic mass is 9.91. The smallest absolute Gasteiger partial charge is 0.377 e. The third kappa shape index (κ3) is 5.32. The number of hydrogen-bond donors (Lipinski definition) is 1. The summed E-state index contributed by atoms with van der Waals surface area (Å²) in [5, 5.41) is 3.41. The normalized spacial score (nSPS) is 14.2. The molecule has 0 aliphatic heterocycles. The summed E-state index contributed by atoms with van der Waals surface area (Å²) < 4.78 is 43.2. The second kappa shape index (κ2) is 7.27. The molecule has 21 heavy (non-hydrogen) atoms. The van der Waals surface area contributed by atoms with Crippen molar-refractivity contribution >= 4 is 0 Å². The van der Waals surface area contributed by atoms with E-state index in [2.05, 4.69) is 12.2 Å². The predicted molar refractivity (Wildman–Crippen MR) is 78.3 cm³/mol. The minimum atomic E-state index is -4.29. The first-order valence-electron chi connectivity index (χ1n) is 7.15. The second-order valence-corrected chi connectivity index (χ2v) is 5.71. The molecule has 0 radical (unpaired) electrons. The largest absolute Gasteiger partial charge is 0.416 e. The molecule has 1 N–H and O–H groups in total. The first kappa shape index (κ1) is 18.0. The zero-order chi connectivity index (χ0) is 16.1. The Balaban J connectivity index is 2.83. The van der Waals surface area contributed by atoms with Gasteiger partial charge in [-0.25, -0.2) is 0 Å². The molecule has 0 amide bonds. The number of ether oxygens (including phenoxy) is 1. The predicted octanol–water partition coefficient (Wildman–Crippen LogP) is 4.04. The van der Waals surface area contributed by atoms with Crippen LogP contribution in [0.1, 0.15) is 38.3 Å². The molecule has 5 heteroatoms. The lowest BCUT2D eigenvalue weighted by Crippen LogP contribution is -2.49. The van der Waals surface area contributed by atoms with Crippen molar-refractivity contribution in [3.05, 3.63) is 35.4 Å². The summed E-state index contributed by atoms with van der Waals surface area (Å²) >= 11 is 0.